The molecular formula is C13H19NS. The number of hydrogen-bond acceptors (Lipinski definition) is 2. The lowest BCUT2D eigenvalue weighted by atomic mass is 10.1. The number of anilines is 1. The first-order valence-corrected chi connectivity index (χ1v) is 6.71. The molecule has 1 N–H and O–H groups in total. The predicted octanol–water partition coefficient (Wildman–Crippen LogP) is 3.79. The van der Waals surface area contributed by atoms with Crippen molar-refractivity contribution >= 4 is 17.4 Å². The van der Waals surface area contributed by atoms with E-state index in [4.69, 9.17) is 0 Å². The van der Waals surface area contributed by atoms with Gasteiger partial charge in [-0.25, -0.2) is 0 Å². The van der Waals surface area contributed by atoms with Crippen molar-refractivity contribution in [3.8, 4) is 0 Å². The quantitative estimate of drug-likeness (QED) is 0.815. The fourth-order valence-electron chi connectivity index (χ4n) is 1.81. The Kier molecular flexibility index (Phi) is 3.25. The van der Waals surface area contributed by atoms with E-state index in [1.807, 2.05) is 11.8 Å². The van der Waals surface area contributed by atoms with Gasteiger partial charge in [-0.1, -0.05) is 26.8 Å². The maximum Gasteiger partial charge on any atom is 0.0481 e. The summed E-state index contributed by atoms with van der Waals surface area (Å²) in [5, 5.41) is 3.63. The molecule has 0 aliphatic carbocycles. The molecular weight excluding hydrogens is 202 g/mol. The monoisotopic (exact) mass is 221 g/mol. The van der Waals surface area contributed by atoms with Gasteiger partial charge in [-0.3, -0.25) is 0 Å². The van der Waals surface area contributed by atoms with E-state index in [1.54, 1.807) is 0 Å². The molecule has 0 saturated carbocycles. The number of hydrogen-bond donors (Lipinski definition) is 1. The second-order valence-electron chi connectivity index (χ2n) is 4.49. The zero-order chi connectivity index (χ0) is 10.8. The smallest absolute Gasteiger partial charge is 0.0481 e. The van der Waals surface area contributed by atoms with Gasteiger partial charge in [0.15, 0.2) is 0 Å². The second kappa shape index (κ2) is 4.48. The van der Waals surface area contributed by atoms with E-state index in [2.05, 4.69) is 44.3 Å². The van der Waals surface area contributed by atoms with Crippen LogP contribution in [-0.4, -0.2) is 11.8 Å². The van der Waals surface area contributed by atoms with Gasteiger partial charge < -0.3 is 5.32 Å². The van der Waals surface area contributed by atoms with E-state index >= 15 is 0 Å². The molecule has 1 nitrogen and oxygen atoms in total. The van der Waals surface area contributed by atoms with Crippen LogP contribution in [0.1, 0.15) is 26.3 Å². The first kappa shape index (κ1) is 10.9. The molecule has 0 radical (unpaired) electrons. The number of rotatable bonds is 2. The topological polar surface area (TPSA) is 12.0 Å². The van der Waals surface area contributed by atoms with Crippen LogP contribution in [0, 0.1) is 5.92 Å². The fourth-order valence-corrected chi connectivity index (χ4v) is 3.15. The summed E-state index contributed by atoms with van der Waals surface area (Å²) in [7, 11) is 0. The molecule has 82 valence electrons. The van der Waals surface area contributed by atoms with Crippen molar-refractivity contribution in [3.05, 3.63) is 23.8 Å². The minimum absolute atomic E-state index is 0.620. The standard InChI is InChI=1S/C13H19NS/c1-4-10-5-6-11-13(7-10)15-8-12(14-11)9(2)3/h5-7,9,12,14H,4,8H2,1-3H3. The molecule has 2 heteroatoms. The summed E-state index contributed by atoms with van der Waals surface area (Å²) in [6.45, 7) is 6.77. The van der Waals surface area contributed by atoms with Crippen LogP contribution in [0.3, 0.4) is 0 Å². The van der Waals surface area contributed by atoms with Gasteiger partial charge in [-0.15, -0.1) is 11.8 Å². The maximum absolute atomic E-state index is 3.63. The Bertz CT molecular complexity index is 346. The third-order valence-corrected chi connectivity index (χ3v) is 4.19. The third-order valence-electron chi connectivity index (χ3n) is 3.02. The number of fused-ring (bicyclic) bond motifs is 1. The Morgan fingerprint density at radius 1 is 1.47 bits per heavy atom. The summed E-state index contributed by atoms with van der Waals surface area (Å²) < 4.78 is 0. The second-order valence-corrected chi connectivity index (χ2v) is 5.55. The van der Waals surface area contributed by atoms with E-state index < -0.39 is 0 Å². The van der Waals surface area contributed by atoms with Crippen molar-refractivity contribution in [1.29, 1.82) is 0 Å². The summed E-state index contributed by atoms with van der Waals surface area (Å²) in [4.78, 5) is 1.42. The van der Waals surface area contributed by atoms with Crippen molar-refractivity contribution in [1.82, 2.24) is 0 Å². The van der Waals surface area contributed by atoms with Gasteiger partial charge in [0, 0.05) is 22.4 Å². The van der Waals surface area contributed by atoms with Crippen molar-refractivity contribution in [2.75, 3.05) is 11.1 Å². The van der Waals surface area contributed by atoms with Gasteiger partial charge in [-0.2, -0.15) is 0 Å². The molecule has 0 fully saturated rings. The number of aryl methyl sites for hydroxylation is 1. The average Bonchev–Trinajstić information content (AvgIpc) is 2.27. The normalized spacial score (nSPS) is 19.9. The molecule has 0 bridgehead atoms. The lowest BCUT2D eigenvalue weighted by Gasteiger charge is -2.29. The Balaban J connectivity index is 2.21. The minimum Gasteiger partial charge on any atom is -0.380 e. The number of benzene rings is 1. The highest BCUT2D eigenvalue weighted by atomic mass is 32.2. The van der Waals surface area contributed by atoms with Crippen molar-refractivity contribution < 1.29 is 0 Å². The van der Waals surface area contributed by atoms with E-state index in [1.165, 1.54) is 21.9 Å². The molecule has 1 aliphatic heterocycles. The molecule has 2 rings (SSSR count). The van der Waals surface area contributed by atoms with E-state index in [0.717, 1.165) is 6.42 Å². The number of nitrogens with one attached hydrogen (secondary N) is 1. The Morgan fingerprint density at radius 2 is 2.27 bits per heavy atom. The molecule has 1 atom stereocenters. The summed E-state index contributed by atoms with van der Waals surface area (Å²) in [6.07, 6.45) is 1.13. The van der Waals surface area contributed by atoms with Crippen LogP contribution in [0.4, 0.5) is 5.69 Å². The van der Waals surface area contributed by atoms with Crippen LogP contribution in [-0.2, 0) is 6.42 Å². The largest absolute Gasteiger partial charge is 0.380 e. The van der Waals surface area contributed by atoms with Crippen LogP contribution in [0.2, 0.25) is 0 Å². The van der Waals surface area contributed by atoms with Crippen molar-refractivity contribution in [2.24, 2.45) is 5.92 Å². The van der Waals surface area contributed by atoms with E-state index in [0.29, 0.717) is 12.0 Å². The summed E-state index contributed by atoms with van der Waals surface area (Å²) in [5.41, 5.74) is 2.76. The van der Waals surface area contributed by atoms with Gasteiger partial charge in [0.2, 0.25) is 0 Å². The fraction of sp³-hybridized carbons (Fsp3) is 0.538. The van der Waals surface area contributed by atoms with Gasteiger partial charge in [0.1, 0.15) is 0 Å². The molecule has 1 aromatic rings. The summed E-state index contributed by atoms with van der Waals surface area (Å²) >= 11 is 1.99. The highest BCUT2D eigenvalue weighted by molar-refractivity contribution is 7.99. The van der Waals surface area contributed by atoms with Gasteiger partial charge in [-0.05, 0) is 30.0 Å². The molecule has 15 heavy (non-hydrogen) atoms. The minimum atomic E-state index is 0.620. The van der Waals surface area contributed by atoms with E-state index in [-0.39, 0.29) is 0 Å². The van der Waals surface area contributed by atoms with Crippen molar-refractivity contribution in [2.45, 2.75) is 38.1 Å². The molecule has 1 heterocycles. The molecule has 0 amide bonds. The highest BCUT2D eigenvalue weighted by Crippen LogP contribution is 2.35. The van der Waals surface area contributed by atoms with Crippen LogP contribution >= 0.6 is 11.8 Å². The van der Waals surface area contributed by atoms with Crippen LogP contribution in [0.5, 0.6) is 0 Å². The van der Waals surface area contributed by atoms with Gasteiger partial charge in [0.05, 0.1) is 0 Å². The Labute approximate surface area is 96.7 Å². The molecule has 0 saturated heterocycles. The lowest BCUT2D eigenvalue weighted by molar-refractivity contribution is 0.562. The third kappa shape index (κ3) is 2.31. The zero-order valence-corrected chi connectivity index (χ0v) is 10.5. The number of thioether (sulfide) groups is 1. The predicted molar refractivity (Wildman–Crippen MR) is 68.8 cm³/mol. The first-order chi connectivity index (χ1) is 7.20. The Hall–Kier alpha value is -0.630. The SMILES string of the molecule is CCc1ccc2c(c1)SCC(C(C)C)N2. The van der Waals surface area contributed by atoms with Crippen LogP contribution in [0.25, 0.3) is 0 Å². The Morgan fingerprint density at radius 3 is 2.93 bits per heavy atom. The molecule has 0 spiro atoms. The summed E-state index contributed by atoms with van der Waals surface area (Å²) in [5.74, 6) is 1.90. The highest BCUT2D eigenvalue weighted by Gasteiger charge is 2.20. The van der Waals surface area contributed by atoms with Gasteiger partial charge >= 0.3 is 0 Å². The van der Waals surface area contributed by atoms with Crippen LogP contribution in [0.15, 0.2) is 23.1 Å². The lowest BCUT2D eigenvalue weighted by Crippen LogP contribution is -2.30. The molecule has 0 aromatic heterocycles. The molecule has 1 unspecified atom stereocenters. The van der Waals surface area contributed by atoms with Gasteiger partial charge in [0.25, 0.3) is 0 Å². The maximum atomic E-state index is 3.63. The average molecular weight is 221 g/mol. The first-order valence-electron chi connectivity index (χ1n) is 5.73. The van der Waals surface area contributed by atoms with E-state index in [9.17, 15) is 0 Å². The summed E-state index contributed by atoms with van der Waals surface area (Å²) in [6, 6.07) is 7.41. The molecule has 1 aliphatic rings. The zero-order valence-electron chi connectivity index (χ0n) is 9.71. The van der Waals surface area contributed by atoms with Crippen molar-refractivity contribution in [3.63, 3.8) is 0 Å². The molecule has 1 aromatic carbocycles. The van der Waals surface area contributed by atoms with Crippen LogP contribution < -0.4 is 5.32 Å².